The minimum Gasteiger partial charge on any atom is -0.327 e. The smallest absolute Gasteiger partial charge is 0.00670 e. The Morgan fingerprint density at radius 1 is 1.14 bits per heavy atom. The minimum absolute atomic E-state index is 0.464. The molecule has 0 radical (unpaired) electrons. The second-order valence-electron chi connectivity index (χ2n) is 4.97. The molecule has 0 aromatic carbocycles. The highest BCUT2D eigenvalue weighted by Gasteiger charge is 2.18. The maximum absolute atomic E-state index is 6.22. The Bertz CT molecular complexity index is 134. The molecule has 0 aromatic heterocycles. The molecule has 0 saturated heterocycles. The fourth-order valence-electron chi connectivity index (χ4n) is 2.86. The van der Waals surface area contributed by atoms with Gasteiger partial charge in [-0.25, -0.2) is 0 Å². The molecule has 0 spiro atoms. The van der Waals surface area contributed by atoms with Crippen molar-refractivity contribution in [1.82, 2.24) is 0 Å². The summed E-state index contributed by atoms with van der Waals surface area (Å²) in [5, 5.41) is 0. The third kappa shape index (κ3) is 3.61. The van der Waals surface area contributed by atoms with E-state index in [9.17, 15) is 0 Å². The number of rotatable bonds is 6. The Balaban J connectivity index is 2.15. The monoisotopic (exact) mass is 197 g/mol. The predicted octanol–water partition coefficient (Wildman–Crippen LogP) is 3.72. The van der Waals surface area contributed by atoms with E-state index in [2.05, 4.69) is 13.8 Å². The van der Waals surface area contributed by atoms with Crippen LogP contribution >= 0.6 is 0 Å². The molecule has 1 fully saturated rings. The van der Waals surface area contributed by atoms with Gasteiger partial charge in [0, 0.05) is 6.04 Å². The van der Waals surface area contributed by atoms with Gasteiger partial charge in [0.2, 0.25) is 0 Å². The second-order valence-corrected chi connectivity index (χ2v) is 4.97. The van der Waals surface area contributed by atoms with Gasteiger partial charge in [0.1, 0.15) is 0 Å². The lowest BCUT2D eigenvalue weighted by molar-refractivity contribution is 0.344. The molecule has 1 heteroatoms. The van der Waals surface area contributed by atoms with Gasteiger partial charge in [-0.2, -0.15) is 0 Å². The van der Waals surface area contributed by atoms with Crippen LogP contribution in [-0.4, -0.2) is 6.04 Å². The van der Waals surface area contributed by atoms with Crippen molar-refractivity contribution in [1.29, 1.82) is 0 Å². The largest absolute Gasteiger partial charge is 0.327 e. The molecule has 0 heterocycles. The first-order chi connectivity index (χ1) is 6.77. The highest BCUT2D eigenvalue weighted by Crippen LogP contribution is 2.29. The van der Waals surface area contributed by atoms with Crippen molar-refractivity contribution >= 4 is 0 Å². The average Bonchev–Trinajstić information content (AvgIpc) is 2.69. The molecule has 1 unspecified atom stereocenters. The van der Waals surface area contributed by atoms with Gasteiger partial charge in [-0.15, -0.1) is 0 Å². The zero-order chi connectivity index (χ0) is 10.4. The summed E-state index contributed by atoms with van der Waals surface area (Å²) in [4.78, 5) is 0. The summed E-state index contributed by atoms with van der Waals surface area (Å²) in [5.41, 5.74) is 6.22. The Morgan fingerprint density at radius 3 is 2.21 bits per heavy atom. The summed E-state index contributed by atoms with van der Waals surface area (Å²) in [5.74, 6) is 1.77. The molecule has 1 aliphatic rings. The maximum Gasteiger partial charge on any atom is 0.00670 e. The summed E-state index contributed by atoms with van der Waals surface area (Å²) in [6, 6.07) is 0.464. The summed E-state index contributed by atoms with van der Waals surface area (Å²) < 4.78 is 0. The summed E-state index contributed by atoms with van der Waals surface area (Å²) >= 11 is 0. The van der Waals surface area contributed by atoms with Gasteiger partial charge >= 0.3 is 0 Å². The molecule has 1 atom stereocenters. The van der Waals surface area contributed by atoms with Crippen molar-refractivity contribution in [2.45, 2.75) is 71.3 Å². The van der Waals surface area contributed by atoms with Crippen LogP contribution in [0.15, 0.2) is 0 Å². The van der Waals surface area contributed by atoms with E-state index >= 15 is 0 Å². The van der Waals surface area contributed by atoms with Crippen LogP contribution in [0.2, 0.25) is 0 Å². The Hall–Kier alpha value is -0.0400. The normalized spacial score (nSPS) is 20.6. The van der Waals surface area contributed by atoms with E-state index in [1.807, 2.05) is 0 Å². The zero-order valence-electron chi connectivity index (χ0n) is 9.97. The van der Waals surface area contributed by atoms with Gasteiger partial charge in [-0.3, -0.25) is 0 Å². The highest BCUT2D eigenvalue weighted by molar-refractivity contribution is 4.74. The van der Waals surface area contributed by atoms with Crippen molar-refractivity contribution in [3.8, 4) is 0 Å². The lowest BCUT2D eigenvalue weighted by Gasteiger charge is -2.22. The lowest BCUT2D eigenvalue weighted by atomic mass is 9.89. The Morgan fingerprint density at radius 2 is 1.71 bits per heavy atom. The van der Waals surface area contributed by atoms with Gasteiger partial charge < -0.3 is 5.73 Å². The summed E-state index contributed by atoms with van der Waals surface area (Å²) in [6.45, 7) is 4.53. The van der Waals surface area contributed by atoms with Crippen LogP contribution in [0.4, 0.5) is 0 Å². The van der Waals surface area contributed by atoms with E-state index < -0.39 is 0 Å². The highest BCUT2D eigenvalue weighted by atomic mass is 14.6. The molecule has 84 valence electrons. The van der Waals surface area contributed by atoms with E-state index in [4.69, 9.17) is 5.73 Å². The fourth-order valence-corrected chi connectivity index (χ4v) is 2.86. The summed E-state index contributed by atoms with van der Waals surface area (Å²) in [7, 11) is 0. The molecule has 0 bridgehead atoms. The molecule has 1 rings (SSSR count). The van der Waals surface area contributed by atoms with Gasteiger partial charge in [0.15, 0.2) is 0 Å². The van der Waals surface area contributed by atoms with E-state index in [1.54, 1.807) is 0 Å². The molecule has 14 heavy (non-hydrogen) atoms. The molecule has 2 N–H and O–H groups in total. The van der Waals surface area contributed by atoms with Crippen LogP contribution in [0.3, 0.4) is 0 Å². The van der Waals surface area contributed by atoms with E-state index in [0.29, 0.717) is 6.04 Å². The first-order valence-corrected chi connectivity index (χ1v) is 6.53. The van der Waals surface area contributed by atoms with E-state index in [1.165, 1.54) is 51.4 Å². The number of nitrogens with two attached hydrogens (primary N) is 1. The molecule has 0 aromatic rings. The van der Waals surface area contributed by atoms with Crippen molar-refractivity contribution < 1.29 is 0 Å². The van der Waals surface area contributed by atoms with Crippen molar-refractivity contribution in [2.75, 3.05) is 0 Å². The quantitative estimate of drug-likeness (QED) is 0.690. The van der Waals surface area contributed by atoms with Crippen molar-refractivity contribution in [3.63, 3.8) is 0 Å². The third-order valence-corrected chi connectivity index (χ3v) is 4.04. The molecular formula is C13H27N. The van der Waals surface area contributed by atoms with Crippen LogP contribution in [0.25, 0.3) is 0 Å². The third-order valence-electron chi connectivity index (χ3n) is 4.04. The van der Waals surface area contributed by atoms with Gasteiger partial charge in [0.25, 0.3) is 0 Å². The molecule has 1 saturated carbocycles. The predicted molar refractivity (Wildman–Crippen MR) is 63.2 cm³/mol. The van der Waals surface area contributed by atoms with Gasteiger partial charge in [-0.1, -0.05) is 52.4 Å². The van der Waals surface area contributed by atoms with Gasteiger partial charge in [0.05, 0.1) is 0 Å². The standard InChI is InChI=1S/C13H27N/c1-3-12(4-2)13(14)10-9-11-7-5-6-8-11/h11-13H,3-10,14H2,1-2H3. The molecule has 1 nitrogen and oxygen atoms in total. The zero-order valence-corrected chi connectivity index (χ0v) is 9.97. The SMILES string of the molecule is CCC(CC)C(N)CCC1CCCC1. The first kappa shape index (κ1) is 12.0. The van der Waals surface area contributed by atoms with Crippen molar-refractivity contribution in [3.05, 3.63) is 0 Å². The minimum atomic E-state index is 0.464. The number of hydrogen-bond donors (Lipinski definition) is 1. The molecular weight excluding hydrogens is 170 g/mol. The number of hydrogen-bond acceptors (Lipinski definition) is 1. The second kappa shape index (κ2) is 6.44. The van der Waals surface area contributed by atoms with Gasteiger partial charge in [-0.05, 0) is 24.7 Å². The van der Waals surface area contributed by atoms with Crippen LogP contribution in [0.1, 0.15) is 65.2 Å². The average molecular weight is 197 g/mol. The van der Waals surface area contributed by atoms with Crippen molar-refractivity contribution in [2.24, 2.45) is 17.6 Å². The molecule has 0 amide bonds. The fraction of sp³-hybridized carbons (Fsp3) is 1.00. The lowest BCUT2D eigenvalue weighted by Crippen LogP contribution is -2.29. The summed E-state index contributed by atoms with van der Waals surface area (Å²) in [6.07, 6.45) is 11.0. The van der Waals surface area contributed by atoms with E-state index in [-0.39, 0.29) is 0 Å². The maximum atomic E-state index is 6.22. The van der Waals surface area contributed by atoms with Crippen LogP contribution in [0.5, 0.6) is 0 Å². The Labute approximate surface area is 89.5 Å². The topological polar surface area (TPSA) is 26.0 Å². The van der Waals surface area contributed by atoms with Crippen LogP contribution < -0.4 is 5.73 Å². The van der Waals surface area contributed by atoms with Crippen LogP contribution in [-0.2, 0) is 0 Å². The Kier molecular flexibility index (Phi) is 5.54. The first-order valence-electron chi connectivity index (χ1n) is 6.53. The van der Waals surface area contributed by atoms with Crippen LogP contribution in [0, 0.1) is 11.8 Å². The molecule has 0 aliphatic heterocycles. The molecule has 1 aliphatic carbocycles. The van der Waals surface area contributed by atoms with E-state index in [0.717, 1.165) is 11.8 Å².